The van der Waals surface area contributed by atoms with E-state index in [4.69, 9.17) is 10.5 Å². The molecule has 22 heavy (non-hydrogen) atoms. The molecule has 6 heteroatoms. The molecule has 6 nitrogen and oxygen atoms in total. The van der Waals surface area contributed by atoms with Crippen LogP contribution < -0.4 is 16.0 Å². The Morgan fingerprint density at radius 3 is 3.09 bits per heavy atom. The summed E-state index contributed by atoms with van der Waals surface area (Å²) in [7, 11) is 0. The topological polar surface area (TPSA) is 80.0 Å². The van der Waals surface area contributed by atoms with Gasteiger partial charge in [0.15, 0.2) is 5.96 Å². The Morgan fingerprint density at radius 2 is 2.41 bits per heavy atom. The molecule has 0 radical (unpaired) electrons. The summed E-state index contributed by atoms with van der Waals surface area (Å²) in [6.45, 7) is 2.85. The molecule has 2 saturated heterocycles. The van der Waals surface area contributed by atoms with Crippen LogP contribution in [0.1, 0.15) is 24.8 Å². The van der Waals surface area contributed by atoms with E-state index in [1.54, 1.807) is 4.90 Å². The highest BCUT2D eigenvalue weighted by Gasteiger charge is 2.24. The van der Waals surface area contributed by atoms with Gasteiger partial charge in [0.05, 0.1) is 12.6 Å². The van der Waals surface area contributed by atoms with Crippen LogP contribution >= 0.6 is 0 Å². The van der Waals surface area contributed by atoms with Crippen LogP contribution in [-0.2, 0) is 16.1 Å². The number of rotatable bonds is 5. The SMILES string of the molecule is NC(=NCc1cccc(N2CCC2=O)c1)NCC1CCCO1. The first-order valence-corrected chi connectivity index (χ1v) is 7.77. The quantitative estimate of drug-likeness (QED) is 0.483. The minimum absolute atomic E-state index is 0.179. The Bertz CT molecular complexity index is 567. The maximum Gasteiger partial charge on any atom is 0.228 e. The van der Waals surface area contributed by atoms with Gasteiger partial charge in [-0.3, -0.25) is 4.79 Å². The molecular weight excluding hydrogens is 280 g/mol. The van der Waals surface area contributed by atoms with Crippen molar-refractivity contribution in [2.24, 2.45) is 10.7 Å². The lowest BCUT2D eigenvalue weighted by Crippen LogP contribution is -2.43. The van der Waals surface area contributed by atoms with E-state index in [9.17, 15) is 4.79 Å². The zero-order valence-electron chi connectivity index (χ0n) is 12.6. The first kappa shape index (κ1) is 14.8. The lowest BCUT2D eigenvalue weighted by Gasteiger charge is -2.30. The average molecular weight is 302 g/mol. The van der Waals surface area contributed by atoms with Gasteiger partial charge in [-0.15, -0.1) is 0 Å². The molecule has 2 heterocycles. The third kappa shape index (κ3) is 3.57. The van der Waals surface area contributed by atoms with Crippen molar-refractivity contribution in [2.75, 3.05) is 24.6 Å². The molecule has 1 atom stereocenters. The van der Waals surface area contributed by atoms with E-state index in [2.05, 4.69) is 10.3 Å². The lowest BCUT2D eigenvalue weighted by molar-refractivity contribution is -0.122. The van der Waals surface area contributed by atoms with E-state index in [0.717, 1.165) is 37.2 Å². The fourth-order valence-electron chi connectivity index (χ4n) is 2.67. The number of aliphatic imine (C=N–C) groups is 1. The van der Waals surface area contributed by atoms with E-state index in [-0.39, 0.29) is 12.0 Å². The largest absolute Gasteiger partial charge is 0.376 e. The normalized spacial score (nSPS) is 21.8. The van der Waals surface area contributed by atoms with Crippen molar-refractivity contribution in [2.45, 2.75) is 31.9 Å². The molecule has 2 fully saturated rings. The van der Waals surface area contributed by atoms with Crippen LogP contribution in [0.25, 0.3) is 0 Å². The molecule has 0 aliphatic carbocycles. The summed E-state index contributed by atoms with van der Waals surface area (Å²) < 4.78 is 5.53. The van der Waals surface area contributed by atoms with E-state index in [1.807, 2.05) is 24.3 Å². The molecule has 2 aliphatic heterocycles. The zero-order valence-corrected chi connectivity index (χ0v) is 12.6. The van der Waals surface area contributed by atoms with Crippen LogP contribution in [-0.4, -0.2) is 37.7 Å². The number of nitrogens with zero attached hydrogens (tertiary/aromatic N) is 2. The highest BCUT2D eigenvalue weighted by atomic mass is 16.5. The molecule has 3 N–H and O–H groups in total. The summed E-state index contributed by atoms with van der Waals surface area (Å²) in [4.78, 5) is 17.6. The number of hydrogen-bond acceptors (Lipinski definition) is 3. The van der Waals surface area contributed by atoms with Crippen LogP contribution in [0.3, 0.4) is 0 Å². The number of carbonyl (C=O) groups is 1. The predicted molar refractivity (Wildman–Crippen MR) is 85.7 cm³/mol. The van der Waals surface area contributed by atoms with Gasteiger partial charge in [-0.1, -0.05) is 12.1 Å². The van der Waals surface area contributed by atoms with Gasteiger partial charge in [-0.05, 0) is 30.5 Å². The number of β-lactam (4-membered cyclic amide) rings is 1. The minimum atomic E-state index is 0.179. The van der Waals surface area contributed by atoms with Crippen molar-refractivity contribution in [1.82, 2.24) is 5.32 Å². The van der Waals surface area contributed by atoms with Crippen molar-refractivity contribution < 1.29 is 9.53 Å². The standard InChI is InChI=1S/C16H22N4O2/c17-16(19-11-14-5-2-8-22-14)18-10-12-3-1-4-13(9-12)20-7-6-15(20)21/h1,3-4,9,14H,2,5-8,10-11H2,(H3,17,18,19). The highest BCUT2D eigenvalue weighted by Crippen LogP contribution is 2.22. The van der Waals surface area contributed by atoms with Gasteiger partial charge >= 0.3 is 0 Å². The number of carbonyl (C=O) groups excluding carboxylic acids is 1. The van der Waals surface area contributed by atoms with E-state index in [0.29, 0.717) is 25.5 Å². The Kier molecular flexibility index (Phi) is 4.58. The van der Waals surface area contributed by atoms with Crippen molar-refractivity contribution in [1.29, 1.82) is 0 Å². The number of guanidine groups is 1. The second-order valence-electron chi connectivity index (χ2n) is 5.68. The number of nitrogens with one attached hydrogen (secondary N) is 1. The van der Waals surface area contributed by atoms with Crippen molar-refractivity contribution in [3.05, 3.63) is 29.8 Å². The molecule has 1 amide bonds. The number of nitrogens with two attached hydrogens (primary N) is 1. The maximum atomic E-state index is 11.5. The van der Waals surface area contributed by atoms with E-state index in [1.165, 1.54) is 0 Å². The number of benzene rings is 1. The number of anilines is 1. The fraction of sp³-hybridized carbons (Fsp3) is 0.500. The third-order valence-electron chi connectivity index (χ3n) is 4.04. The van der Waals surface area contributed by atoms with Gasteiger partial charge in [0, 0.05) is 31.8 Å². The maximum absolute atomic E-state index is 11.5. The molecule has 0 spiro atoms. The molecule has 2 aliphatic rings. The Balaban J connectivity index is 1.52. The molecule has 0 bridgehead atoms. The van der Waals surface area contributed by atoms with Crippen molar-refractivity contribution in [3.63, 3.8) is 0 Å². The number of ether oxygens (including phenoxy) is 1. The summed E-state index contributed by atoms with van der Waals surface area (Å²) >= 11 is 0. The highest BCUT2D eigenvalue weighted by molar-refractivity contribution is 5.99. The second kappa shape index (κ2) is 6.79. The van der Waals surface area contributed by atoms with Gasteiger partial charge in [-0.25, -0.2) is 4.99 Å². The zero-order chi connectivity index (χ0) is 15.4. The summed E-state index contributed by atoms with van der Waals surface area (Å²) in [5.41, 5.74) is 7.86. The first-order valence-electron chi connectivity index (χ1n) is 7.77. The average Bonchev–Trinajstić information content (AvgIpc) is 3.03. The Hall–Kier alpha value is -2.08. The molecule has 0 aromatic heterocycles. The summed E-state index contributed by atoms with van der Waals surface area (Å²) in [6.07, 6.45) is 3.08. The minimum Gasteiger partial charge on any atom is -0.376 e. The Morgan fingerprint density at radius 1 is 1.50 bits per heavy atom. The van der Waals surface area contributed by atoms with Gasteiger partial charge in [-0.2, -0.15) is 0 Å². The molecule has 1 aromatic carbocycles. The predicted octanol–water partition coefficient (Wildman–Crippen LogP) is 1.01. The van der Waals surface area contributed by atoms with Gasteiger partial charge in [0.2, 0.25) is 5.91 Å². The monoisotopic (exact) mass is 302 g/mol. The second-order valence-corrected chi connectivity index (χ2v) is 5.68. The van der Waals surface area contributed by atoms with Crippen LogP contribution in [0, 0.1) is 0 Å². The lowest BCUT2D eigenvalue weighted by atomic mass is 10.1. The first-order chi connectivity index (χ1) is 10.7. The summed E-state index contributed by atoms with van der Waals surface area (Å²) in [5.74, 6) is 0.610. The molecule has 118 valence electrons. The molecular formula is C16H22N4O2. The van der Waals surface area contributed by atoms with Crippen molar-refractivity contribution in [3.8, 4) is 0 Å². The van der Waals surface area contributed by atoms with Crippen LogP contribution in [0.5, 0.6) is 0 Å². The summed E-state index contributed by atoms with van der Waals surface area (Å²) in [6, 6.07) is 7.88. The van der Waals surface area contributed by atoms with Crippen LogP contribution in [0.2, 0.25) is 0 Å². The molecule has 3 rings (SSSR count). The van der Waals surface area contributed by atoms with Gasteiger partial charge in [0.25, 0.3) is 0 Å². The molecule has 1 aromatic rings. The summed E-state index contributed by atoms with van der Waals surface area (Å²) in [5, 5.41) is 3.10. The van der Waals surface area contributed by atoms with Crippen LogP contribution in [0.15, 0.2) is 29.3 Å². The van der Waals surface area contributed by atoms with Crippen molar-refractivity contribution >= 4 is 17.6 Å². The van der Waals surface area contributed by atoms with Crippen LogP contribution in [0.4, 0.5) is 5.69 Å². The smallest absolute Gasteiger partial charge is 0.228 e. The van der Waals surface area contributed by atoms with Gasteiger partial charge < -0.3 is 20.7 Å². The van der Waals surface area contributed by atoms with E-state index >= 15 is 0 Å². The number of hydrogen-bond donors (Lipinski definition) is 2. The van der Waals surface area contributed by atoms with Gasteiger partial charge in [0.1, 0.15) is 0 Å². The molecule has 1 unspecified atom stereocenters. The van der Waals surface area contributed by atoms with E-state index < -0.39 is 0 Å². The fourth-order valence-corrected chi connectivity index (χ4v) is 2.67. The molecule has 0 saturated carbocycles. The third-order valence-corrected chi connectivity index (χ3v) is 4.04. The number of amides is 1. The Labute approximate surface area is 130 Å².